The third-order valence-electron chi connectivity index (χ3n) is 4.50. The molecule has 1 heterocycles. The molecule has 0 atom stereocenters. The van der Waals surface area contributed by atoms with Crippen molar-refractivity contribution in [1.29, 1.82) is 0 Å². The monoisotopic (exact) mass is 280 g/mol. The van der Waals surface area contributed by atoms with Gasteiger partial charge in [-0.15, -0.1) is 0 Å². The molecule has 3 rings (SSSR count). The van der Waals surface area contributed by atoms with E-state index in [4.69, 9.17) is 4.74 Å². The molecule has 0 spiro atoms. The van der Waals surface area contributed by atoms with Gasteiger partial charge < -0.3 is 4.74 Å². The second-order valence-corrected chi connectivity index (χ2v) is 6.04. The van der Waals surface area contributed by atoms with Crippen LogP contribution in [-0.2, 0) is 5.41 Å². The molecule has 1 aliphatic heterocycles. The first kappa shape index (κ1) is 13.9. The van der Waals surface area contributed by atoms with Crippen molar-refractivity contribution >= 4 is 11.4 Å². The number of ether oxygens (including phenoxy) is 1. The third-order valence-corrected chi connectivity index (χ3v) is 4.50. The maximum atomic E-state index is 5.84. The molecular weight excluding hydrogens is 258 g/mol. The quantitative estimate of drug-likeness (QED) is 0.766. The van der Waals surface area contributed by atoms with Crippen LogP contribution in [0.4, 0.5) is 5.69 Å². The average molecular weight is 280 g/mol. The number of hydrogen-bond acceptors (Lipinski definition) is 1. The summed E-state index contributed by atoms with van der Waals surface area (Å²) in [4.78, 5) is 0. The fourth-order valence-corrected chi connectivity index (χ4v) is 3.01. The number of nitrogens with zero attached hydrogens (tertiary/aromatic N) is 1. The van der Waals surface area contributed by atoms with Crippen molar-refractivity contribution in [3.63, 3.8) is 0 Å². The summed E-state index contributed by atoms with van der Waals surface area (Å²) in [6.07, 6.45) is 0. The van der Waals surface area contributed by atoms with E-state index in [2.05, 4.69) is 49.6 Å². The molecule has 2 heteroatoms. The van der Waals surface area contributed by atoms with Crippen molar-refractivity contribution in [2.45, 2.75) is 26.2 Å². The van der Waals surface area contributed by atoms with Gasteiger partial charge in [0, 0.05) is 18.6 Å². The average Bonchev–Trinajstić information content (AvgIpc) is 2.70. The van der Waals surface area contributed by atoms with Crippen LogP contribution in [0.1, 0.15) is 26.3 Å². The van der Waals surface area contributed by atoms with Gasteiger partial charge in [0.05, 0.1) is 5.41 Å². The standard InChI is InChI=1S/C19H22NO/c1-15-19(2,3)17-11-7-8-12-18(17)20(15)13-14-21-16-9-5-4-6-10-16/h4-12H,13-14H2,1-3H3/q+1. The highest BCUT2D eigenvalue weighted by Gasteiger charge is 2.42. The van der Waals surface area contributed by atoms with E-state index in [-0.39, 0.29) is 5.41 Å². The van der Waals surface area contributed by atoms with Crippen LogP contribution in [0, 0.1) is 0 Å². The second kappa shape index (κ2) is 5.36. The zero-order valence-electron chi connectivity index (χ0n) is 13.0. The van der Waals surface area contributed by atoms with Gasteiger partial charge in [-0.05, 0) is 26.0 Å². The Bertz CT molecular complexity index is 671. The molecular formula is C19H22NO+. The number of rotatable bonds is 4. The Morgan fingerprint density at radius 3 is 2.38 bits per heavy atom. The Kier molecular flexibility index (Phi) is 3.54. The van der Waals surface area contributed by atoms with Crippen LogP contribution in [0.15, 0.2) is 54.6 Å². The molecule has 0 aliphatic carbocycles. The predicted octanol–water partition coefficient (Wildman–Crippen LogP) is 4.16. The highest BCUT2D eigenvalue weighted by molar-refractivity contribution is 5.93. The molecule has 0 radical (unpaired) electrons. The first-order valence-corrected chi connectivity index (χ1v) is 7.49. The summed E-state index contributed by atoms with van der Waals surface area (Å²) in [5, 5.41) is 0. The predicted molar refractivity (Wildman–Crippen MR) is 86.9 cm³/mol. The van der Waals surface area contributed by atoms with Crippen molar-refractivity contribution in [3.8, 4) is 5.75 Å². The number of hydrogen-bond donors (Lipinski definition) is 0. The maximum absolute atomic E-state index is 5.84. The molecule has 1 aliphatic rings. The summed E-state index contributed by atoms with van der Waals surface area (Å²) < 4.78 is 8.23. The molecule has 0 amide bonds. The Morgan fingerprint density at radius 1 is 0.952 bits per heavy atom. The van der Waals surface area contributed by atoms with E-state index in [0.717, 1.165) is 12.3 Å². The largest absolute Gasteiger partial charge is 0.487 e. The van der Waals surface area contributed by atoms with Gasteiger partial charge >= 0.3 is 0 Å². The lowest BCUT2D eigenvalue weighted by atomic mass is 9.82. The van der Waals surface area contributed by atoms with E-state index in [1.54, 1.807) is 0 Å². The number of benzene rings is 2. The highest BCUT2D eigenvalue weighted by atomic mass is 16.5. The van der Waals surface area contributed by atoms with Gasteiger partial charge in [0.2, 0.25) is 5.69 Å². The van der Waals surface area contributed by atoms with Gasteiger partial charge in [0.15, 0.2) is 12.3 Å². The lowest BCUT2D eigenvalue weighted by Crippen LogP contribution is -2.27. The van der Waals surface area contributed by atoms with E-state index in [1.165, 1.54) is 17.0 Å². The summed E-state index contributed by atoms with van der Waals surface area (Å²) in [6.45, 7) is 8.37. The Hall–Kier alpha value is -2.09. The van der Waals surface area contributed by atoms with E-state index >= 15 is 0 Å². The zero-order valence-corrected chi connectivity index (χ0v) is 13.0. The molecule has 2 aromatic carbocycles. The van der Waals surface area contributed by atoms with E-state index in [0.29, 0.717) is 6.61 Å². The van der Waals surface area contributed by atoms with E-state index < -0.39 is 0 Å². The van der Waals surface area contributed by atoms with E-state index in [1.807, 2.05) is 30.3 Å². The fourth-order valence-electron chi connectivity index (χ4n) is 3.01. The molecule has 2 aromatic rings. The topological polar surface area (TPSA) is 12.2 Å². The van der Waals surface area contributed by atoms with Crippen molar-refractivity contribution in [3.05, 3.63) is 60.2 Å². The Balaban J connectivity index is 1.78. The summed E-state index contributed by atoms with van der Waals surface area (Å²) in [5.74, 6) is 0.932. The van der Waals surface area contributed by atoms with Crippen molar-refractivity contribution in [2.24, 2.45) is 0 Å². The molecule has 0 N–H and O–H groups in total. The smallest absolute Gasteiger partial charge is 0.209 e. The SMILES string of the molecule is CC1=[N+](CCOc2ccccc2)c2ccccc2C1(C)C. The molecule has 2 nitrogen and oxygen atoms in total. The van der Waals surface area contributed by atoms with Crippen LogP contribution < -0.4 is 4.74 Å². The second-order valence-electron chi connectivity index (χ2n) is 6.04. The van der Waals surface area contributed by atoms with Gasteiger partial charge in [0.25, 0.3) is 0 Å². The highest BCUT2D eigenvalue weighted by Crippen LogP contribution is 2.38. The first-order valence-electron chi connectivity index (χ1n) is 7.49. The molecule has 0 aromatic heterocycles. The van der Waals surface area contributed by atoms with Gasteiger partial charge in [-0.2, -0.15) is 4.58 Å². The fraction of sp³-hybridized carbons (Fsp3) is 0.316. The van der Waals surface area contributed by atoms with Gasteiger partial charge in [-0.25, -0.2) is 0 Å². The third kappa shape index (κ3) is 2.46. The molecule has 0 saturated heterocycles. The maximum Gasteiger partial charge on any atom is 0.209 e. The minimum Gasteiger partial charge on any atom is -0.487 e. The summed E-state index contributed by atoms with van der Waals surface area (Å²) in [6, 6.07) is 18.7. The van der Waals surface area contributed by atoms with Crippen molar-refractivity contribution < 1.29 is 9.31 Å². The normalized spacial score (nSPS) is 16.0. The lowest BCUT2D eigenvalue weighted by Gasteiger charge is -2.14. The molecule has 0 bridgehead atoms. The molecule has 0 fully saturated rings. The van der Waals surface area contributed by atoms with Crippen LogP contribution in [0.2, 0.25) is 0 Å². The zero-order chi connectivity index (χ0) is 14.9. The first-order chi connectivity index (χ1) is 10.1. The molecule has 0 unspecified atom stereocenters. The molecule has 21 heavy (non-hydrogen) atoms. The number of para-hydroxylation sites is 2. The van der Waals surface area contributed by atoms with E-state index in [9.17, 15) is 0 Å². The molecule has 0 saturated carbocycles. The van der Waals surface area contributed by atoms with Crippen LogP contribution >= 0.6 is 0 Å². The lowest BCUT2D eigenvalue weighted by molar-refractivity contribution is -0.441. The van der Waals surface area contributed by atoms with Crippen LogP contribution in [0.5, 0.6) is 5.75 Å². The van der Waals surface area contributed by atoms with Gasteiger partial charge in [-0.3, -0.25) is 0 Å². The summed E-state index contributed by atoms with van der Waals surface area (Å²) >= 11 is 0. The Morgan fingerprint density at radius 2 is 1.62 bits per heavy atom. The minimum atomic E-state index is 0.101. The van der Waals surface area contributed by atoms with Crippen LogP contribution in [0.3, 0.4) is 0 Å². The van der Waals surface area contributed by atoms with Gasteiger partial charge in [0.1, 0.15) is 12.4 Å². The molecule has 108 valence electrons. The van der Waals surface area contributed by atoms with Crippen molar-refractivity contribution in [2.75, 3.05) is 13.2 Å². The van der Waals surface area contributed by atoms with Gasteiger partial charge in [-0.1, -0.05) is 36.4 Å². The van der Waals surface area contributed by atoms with Crippen molar-refractivity contribution in [1.82, 2.24) is 0 Å². The summed E-state index contributed by atoms with van der Waals surface area (Å²) in [7, 11) is 0. The summed E-state index contributed by atoms with van der Waals surface area (Å²) in [5.41, 5.74) is 4.21. The number of fused-ring (bicyclic) bond motifs is 1. The Labute approximate surface area is 126 Å². The minimum absolute atomic E-state index is 0.101. The van der Waals surface area contributed by atoms with Crippen LogP contribution in [-0.4, -0.2) is 23.4 Å². The van der Waals surface area contributed by atoms with Crippen LogP contribution in [0.25, 0.3) is 0 Å².